The molecule has 1 N–H and O–H groups in total. The number of rotatable bonds is 6. The maximum Gasteiger partial charge on any atom is 0.338 e. The molecule has 29 heavy (non-hydrogen) atoms. The molecule has 0 bridgehead atoms. The van der Waals surface area contributed by atoms with Gasteiger partial charge in [-0.25, -0.2) is 4.79 Å². The topological polar surface area (TPSA) is 119 Å². The number of halogens is 1. The summed E-state index contributed by atoms with van der Waals surface area (Å²) in [6.07, 6.45) is 1.21. The molecule has 1 aliphatic rings. The van der Waals surface area contributed by atoms with Gasteiger partial charge in [0.2, 0.25) is 5.91 Å². The first kappa shape index (κ1) is 20.5. The van der Waals surface area contributed by atoms with Crippen LogP contribution < -0.4 is 10.2 Å². The van der Waals surface area contributed by atoms with Crippen LogP contribution in [0.1, 0.15) is 23.2 Å². The van der Waals surface area contributed by atoms with Crippen molar-refractivity contribution in [2.24, 2.45) is 0 Å². The van der Waals surface area contributed by atoms with E-state index >= 15 is 0 Å². The number of nitrogens with one attached hydrogen (secondary N) is 1. The molecule has 1 saturated heterocycles. The average Bonchev–Trinajstić information content (AvgIpc) is 3.12. The highest BCUT2D eigenvalue weighted by atomic mass is 79.9. The molecule has 150 valence electrons. The summed E-state index contributed by atoms with van der Waals surface area (Å²) < 4.78 is 5.18. The maximum atomic E-state index is 12.2. The number of ether oxygens (including phenoxy) is 1. The van der Waals surface area contributed by atoms with Gasteiger partial charge in [0.1, 0.15) is 0 Å². The molecular weight excluding hydrogens is 446 g/mol. The number of nitro benzene ring substituents is 1. The molecule has 0 aliphatic carbocycles. The summed E-state index contributed by atoms with van der Waals surface area (Å²) in [6.45, 7) is -0.00593. The molecule has 2 aromatic rings. The molecule has 0 saturated carbocycles. The van der Waals surface area contributed by atoms with Crippen LogP contribution in [0.25, 0.3) is 0 Å². The Labute approximate surface area is 173 Å². The van der Waals surface area contributed by atoms with E-state index in [0.29, 0.717) is 24.3 Å². The summed E-state index contributed by atoms with van der Waals surface area (Å²) in [5, 5.41) is 13.6. The first-order valence-corrected chi connectivity index (χ1v) is 9.46. The van der Waals surface area contributed by atoms with Crippen molar-refractivity contribution in [3.05, 3.63) is 62.6 Å². The van der Waals surface area contributed by atoms with Gasteiger partial charge in [0.05, 0.1) is 26.3 Å². The van der Waals surface area contributed by atoms with E-state index in [2.05, 4.69) is 21.2 Å². The van der Waals surface area contributed by atoms with E-state index in [4.69, 9.17) is 4.74 Å². The summed E-state index contributed by atoms with van der Waals surface area (Å²) >= 11 is 3.03. The molecular formula is C19H16BrN3O6. The Bertz CT molecular complexity index is 994. The van der Waals surface area contributed by atoms with Crippen molar-refractivity contribution in [2.45, 2.75) is 12.8 Å². The number of carbonyl (C=O) groups is 3. The smallest absolute Gasteiger partial charge is 0.338 e. The molecule has 2 aromatic carbocycles. The molecule has 0 atom stereocenters. The number of carbonyl (C=O) groups excluding carboxylic acids is 3. The van der Waals surface area contributed by atoms with E-state index in [-0.39, 0.29) is 21.6 Å². The van der Waals surface area contributed by atoms with E-state index in [0.717, 1.165) is 12.5 Å². The summed E-state index contributed by atoms with van der Waals surface area (Å²) in [6, 6.07) is 10.6. The van der Waals surface area contributed by atoms with E-state index in [1.165, 1.54) is 12.1 Å². The number of nitro groups is 1. The zero-order valence-electron chi connectivity index (χ0n) is 15.1. The van der Waals surface area contributed by atoms with Crippen molar-refractivity contribution >= 4 is 50.8 Å². The number of benzene rings is 2. The summed E-state index contributed by atoms with van der Waals surface area (Å²) in [7, 11) is 0. The van der Waals surface area contributed by atoms with Gasteiger partial charge in [-0.3, -0.25) is 19.7 Å². The van der Waals surface area contributed by atoms with E-state index in [9.17, 15) is 24.5 Å². The van der Waals surface area contributed by atoms with E-state index in [1.807, 2.05) is 0 Å². The molecule has 10 heteroatoms. The third-order valence-electron chi connectivity index (χ3n) is 4.26. The molecule has 3 rings (SSSR count). The second-order valence-electron chi connectivity index (χ2n) is 6.21. The standard InChI is InChI=1S/C19H16BrN3O6/c20-13-8-7-12(10-16(13)23(27)28)19(26)29-11-17(24)21-14-4-1-2-5-15(14)22-9-3-6-18(22)25/h1-2,4-5,7-8,10H,3,6,9,11H2,(H,21,24). The lowest BCUT2D eigenvalue weighted by atomic mass is 10.2. The summed E-state index contributed by atoms with van der Waals surface area (Å²) in [4.78, 5) is 48.2. The van der Waals surface area contributed by atoms with E-state index < -0.39 is 23.4 Å². The van der Waals surface area contributed by atoms with Gasteiger partial charge in [0, 0.05) is 19.0 Å². The molecule has 0 unspecified atom stereocenters. The number of esters is 1. The fourth-order valence-electron chi connectivity index (χ4n) is 2.90. The van der Waals surface area contributed by atoms with Gasteiger partial charge in [0.25, 0.3) is 11.6 Å². The van der Waals surface area contributed by atoms with Crippen molar-refractivity contribution in [2.75, 3.05) is 23.4 Å². The number of hydrogen-bond acceptors (Lipinski definition) is 6. The van der Waals surface area contributed by atoms with Crippen LogP contribution in [-0.2, 0) is 14.3 Å². The third kappa shape index (κ3) is 4.77. The number of amides is 2. The van der Waals surface area contributed by atoms with Gasteiger partial charge < -0.3 is 15.0 Å². The molecule has 1 aliphatic heterocycles. The van der Waals surface area contributed by atoms with Crippen molar-refractivity contribution in [1.29, 1.82) is 0 Å². The average molecular weight is 462 g/mol. The molecule has 9 nitrogen and oxygen atoms in total. The molecule has 1 heterocycles. The number of hydrogen-bond donors (Lipinski definition) is 1. The van der Waals surface area contributed by atoms with Crippen molar-refractivity contribution < 1.29 is 24.0 Å². The Morgan fingerprint density at radius 2 is 2.00 bits per heavy atom. The molecule has 1 fully saturated rings. The Hall–Kier alpha value is -3.27. The predicted octanol–water partition coefficient (Wildman–Crippen LogP) is 3.28. The second-order valence-corrected chi connectivity index (χ2v) is 7.07. The fraction of sp³-hybridized carbons (Fsp3) is 0.211. The monoisotopic (exact) mass is 461 g/mol. The van der Waals surface area contributed by atoms with Crippen LogP contribution in [0.2, 0.25) is 0 Å². The fourth-order valence-corrected chi connectivity index (χ4v) is 3.29. The number of para-hydroxylation sites is 2. The van der Waals surface area contributed by atoms with Gasteiger partial charge >= 0.3 is 5.97 Å². The molecule has 0 aromatic heterocycles. The lowest BCUT2D eigenvalue weighted by Gasteiger charge is -2.19. The van der Waals surface area contributed by atoms with Crippen molar-refractivity contribution in [1.82, 2.24) is 0 Å². The molecule has 0 spiro atoms. The maximum absolute atomic E-state index is 12.2. The van der Waals surface area contributed by atoms with E-state index in [1.54, 1.807) is 29.2 Å². The van der Waals surface area contributed by atoms with Crippen molar-refractivity contribution in [3.63, 3.8) is 0 Å². The Morgan fingerprint density at radius 3 is 2.69 bits per heavy atom. The zero-order chi connectivity index (χ0) is 21.0. The van der Waals surface area contributed by atoms with Gasteiger partial charge in [-0.15, -0.1) is 0 Å². The quantitative estimate of drug-likeness (QED) is 0.400. The van der Waals surface area contributed by atoms with Crippen LogP contribution in [0.5, 0.6) is 0 Å². The molecule has 2 amide bonds. The van der Waals surface area contributed by atoms with Gasteiger partial charge in [0.15, 0.2) is 6.61 Å². The largest absolute Gasteiger partial charge is 0.452 e. The van der Waals surface area contributed by atoms with Crippen LogP contribution in [0, 0.1) is 10.1 Å². The van der Waals surface area contributed by atoms with Crippen LogP contribution in [0.3, 0.4) is 0 Å². The predicted molar refractivity (Wildman–Crippen MR) is 108 cm³/mol. The zero-order valence-corrected chi connectivity index (χ0v) is 16.7. The molecule has 0 radical (unpaired) electrons. The Balaban J connectivity index is 1.64. The minimum Gasteiger partial charge on any atom is -0.452 e. The van der Waals surface area contributed by atoms with Crippen LogP contribution in [0.15, 0.2) is 46.9 Å². The minimum absolute atomic E-state index is 0.0186. The van der Waals surface area contributed by atoms with Crippen LogP contribution in [-0.4, -0.2) is 35.9 Å². The third-order valence-corrected chi connectivity index (χ3v) is 4.93. The Kier molecular flexibility index (Phi) is 6.23. The van der Waals surface area contributed by atoms with Crippen molar-refractivity contribution in [3.8, 4) is 0 Å². The Morgan fingerprint density at radius 1 is 1.24 bits per heavy atom. The second kappa shape index (κ2) is 8.82. The van der Waals surface area contributed by atoms with Gasteiger partial charge in [-0.2, -0.15) is 0 Å². The highest BCUT2D eigenvalue weighted by molar-refractivity contribution is 9.10. The normalized spacial score (nSPS) is 13.3. The lowest BCUT2D eigenvalue weighted by Crippen LogP contribution is -2.27. The minimum atomic E-state index is -0.862. The lowest BCUT2D eigenvalue weighted by molar-refractivity contribution is -0.385. The highest BCUT2D eigenvalue weighted by Gasteiger charge is 2.24. The van der Waals surface area contributed by atoms with Crippen LogP contribution in [0.4, 0.5) is 17.1 Å². The number of anilines is 2. The first-order chi connectivity index (χ1) is 13.9. The van der Waals surface area contributed by atoms with Gasteiger partial charge in [-0.05, 0) is 46.6 Å². The highest BCUT2D eigenvalue weighted by Crippen LogP contribution is 2.29. The summed E-state index contributed by atoms with van der Waals surface area (Å²) in [5.74, 6) is -1.47. The first-order valence-electron chi connectivity index (χ1n) is 8.67. The van der Waals surface area contributed by atoms with Gasteiger partial charge in [-0.1, -0.05) is 12.1 Å². The number of nitrogens with zero attached hydrogens (tertiary/aromatic N) is 2. The summed E-state index contributed by atoms with van der Waals surface area (Å²) in [5.41, 5.74) is 0.685. The van der Waals surface area contributed by atoms with Crippen LogP contribution >= 0.6 is 15.9 Å². The SMILES string of the molecule is O=C(COC(=O)c1ccc(Br)c([N+](=O)[O-])c1)Nc1ccccc1N1CCCC1=O.